The number of ether oxygens (including phenoxy) is 2. The van der Waals surface area contributed by atoms with Crippen molar-refractivity contribution in [2.24, 2.45) is 0 Å². The predicted octanol–water partition coefficient (Wildman–Crippen LogP) is 3.32. The molecule has 26 heavy (non-hydrogen) atoms. The predicted molar refractivity (Wildman–Crippen MR) is 101 cm³/mol. The van der Waals surface area contributed by atoms with Gasteiger partial charge in [0.15, 0.2) is 6.61 Å². The number of para-hydroxylation sites is 2. The van der Waals surface area contributed by atoms with E-state index in [0.29, 0.717) is 23.3 Å². The Morgan fingerprint density at radius 3 is 2.54 bits per heavy atom. The molecule has 138 valence electrons. The van der Waals surface area contributed by atoms with Gasteiger partial charge >= 0.3 is 0 Å². The van der Waals surface area contributed by atoms with Crippen molar-refractivity contribution in [3.05, 3.63) is 52.8 Å². The molecule has 1 heterocycles. The monoisotopic (exact) mass is 422 g/mol. The molecule has 0 aliphatic carbocycles. The summed E-state index contributed by atoms with van der Waals surface area (Å²) in [5, 5.41) is 0. The van der Waals surface area contributed by atoms with Crippen LogP contribution in [0.15, 0.2) is 46.9 Å². The number of methoxy groups -OCH3 is 1. The third kappa shape index (κ3) is 4.27. The van der Waals surface area contributed by atoms with Crippen LogP contribution >= 0.6 is 15.9 Å². The molecule has 5 nitrogen and oxygen atoms in total. The van der Waals surface area contributed by atoms with Gasteiger partial charge in [-0.2, -0.15) is 0 Å². The maximum Gasteiger partial charge on any atom is 0.260 e. The minimum Gasteiger partial charge on any atom is -0.495 e. The van der Waals surface area contributed by atoms with Gasteiger partial charge in [0.2, 0.25) is 0 Å². The van der Waals surface area contributed by atoms with Crippen molar-refractivity contribution in [3.8, 4) is 11.5 Å². The number of benzene rings is 2. The van der Waals surface area contributed by atoms with E-state index in [1.165, 1.54) is 18.2 Å². The molecule has 1 aliphatic heterocycles. The van der Waals surface area contributed by atoms with E-state index in [-0.39, 0.29) is 18.3 Å². The molecular weight excluding hydrogens is 403 g/mol. The number of nitrogens with zero attached hydrogens (tertiary/aromatic N) is 2. The van der Waals surface area contributed by atoms with Gasteiger partial charge in [0, 0.05) is 26.2 Å². The molecule has 1 aliphatic rings. The number of halogens is 2. The Hall–Kier alpha value is -2.28. The number of hydrogen-bond acceptors (Lipinski definition) is 4. The smallest absolute Gasteiger partial charge is 0.260 e. The van der Waals surface area contributed by atoms with Crippen LogP contribution < -0.4 is 14.4 Å². The first kappa shape index (κ1) is 18.5. The second-order valence-corrected chi connectivity index (χ2v) is 6.76. The van der Waals surface area contributed by atoms with Crippen LogP contribution in [0.25, 0.3) is 0 Å². The maximum atomic E-state index is 13.1. The maximum absolute atomic E-state index is 13.1. The normalized spacial score (nSPS) is 14.3. The zero-order valence-corrected chi connectivity index (χ0v) is 16.0. The quantitative estimate of drug-likeness (QED) is 0.740. The zero-order chi connectivity index (χ0) is 18.5. The molecule has 7 heteroatoms. The second-order valence-electron chi connectivity index (χ2n) is 5.90. The highest BCUT2D eigenvalue weighted by Gasteiger charge is 2.23. The zero-order valence-electron chi connectivity index (χ0n) is 14.5. The summed E-state index contributed by atoms with van der Waals surface area (Å²) >= 11 is 3.23. The molecule has 0 N–H and O–H groups in total. The van der Waals surface area contributed by atoms with E-state index in [1.54, 1.807) is 12.0 Å². The molecular formula is C19H20BrFN2O3. The van der Waals surface area contributed by atoms with E-state index in [4.69, 9.17) is 9.47 Å². The summed E-state index contributed by atoms with van der Waals surface area (Å²) < 4.78 is 24.5. The van der Waals surface area contributed by atoms with E-state index in [9.17, 15) is 9.18 Å². The third-order valence-electron chi connectivity index (χ3n) is 4.30. The molecule has 0 aromatic heterocycles. The number of rotatable bonds is 5. The molecule has 0 radical (unpaired) electrons. The molecule has 2 aromatic rings. The summed E-state index contributed by atoms with van der Waals surface area (Å²) in [4.78, 5) is 16.4. The topological polar surface area (TPSA) is 42.0 Å². The minimum atomic E-state index is -0.358. The van der Waals surface area contributed by atoms with Gasteiger partial charge < -0.3 is 19.3 Å². The van der Waals surface area contributed by atoms with E-state index >= 15 is 0 Å². The molecule has 1 fully saturated rings. The van der Waals surface area contributed by atoms with E-state index in [0.717, 1.165) is 24.5 Å². The first-order valence-electron chi connectivity index (χ1n) is 8.32. The van der Waals surface area contributed by atoms with Gasteiger partial charge in [0.05, 0.1) is 17.3 Å². The van der Waals surface area contributed by atoms with Gasteiger partial charge in [-0.3, -0.25) is 4.79 Å². The summed E-state index contributed by atoms with van der Waals surface area (Å²) in [5.41, 5.74) is 1.04. The molecule has 1 amide bonds. The summed E-state index contributed by atoms with van der Waals surface area (Å²) in [7, 11) is 1.66. The lowest BCUT2D eigenvalue weighted by Gasteiger charge is -2.36. The lowest BCUT2D eigenvalue weighted by molar-refractivity contribution is -0.133. The van der Waals surface area contributed by atoms with Crippen LogP contribution in [0.1, 0.15) is 0 Å². The third-order valence-corrected chi connectivity index (χ3v) is 4.92. The number of carbonyl (C=O) groups is 1. The fraction of sp³-hybridized carbons (Fsp3) is 0.316. The number of piperazine rings is 1. The molecule has 0 unspecified atom stereocenters. The fourth-order valence-corrected chi connectivity index (χ4v) is 3.38. The number of carbonyl (C=O) groups excluding carboxylic acids is 1. The average Bonchev–Trinajstić information content (AvgIpc) is 2.67. The summed E-state index contributed by atoms with van der Waals surface area (Å²) in [6, 6.07) is 12.0. The molecule has 0 bridgehead atoms. The first-order valence-corrected chi connectivity index (χ1v) is 9.11. The van der Waals surface area contributed by atoms with Crippen LogP contribution in [0.5, 0.6) is 11.5 Å². The van der Waals surface area contributed by atoms with Gasteiger partial charge in [-0.1, -0.05) is 12.1 Å². The standard InChI is InChI=1S/C19H20BrFN2O3/c1-25-18-5-3-2-4-16(18)22-8-10-23(11-9-22)19(24)13-26-17-7-6-14(21)12-15(17)20/h2-7,12H,8-11,13H2,1H3. The van der Waals surface area contributed by atoms with Crippen LogP contribution in [0.2, 0.25) is 0 Å². The Bertz CT molecular complexity index is 779. The molecule has 2 aromatic carbocycles. The van der Waals surface area contributed by atoms with Gasteiger partial charge in [-0.25, -0.2) is 4.39 Å². The van der Waals surface area contributed by atoms with Crippen molar-refractivity contribution in [1.82, 2.24) is 4.90 Å². The highest BCUT2D eigenvalue weighted by molar-refractivity contribution is 9.10. The highest BCUT2D eigenvalue weighted by atomic mass is 79.9. The first-order chi connectivity index (χ1) is 12.6. The number of amides is 1. The Labute approximate surface area is 160 Å². The van der Waals surface area contributed by atoms with Crippen molar-refractivity contribution in [2.45, 2.75) is 0 Å². The van der Waals surface area contributed by atoms with Crippen LogP contribution in [-0.2, 0) is 4.79 Å². The van der Waals surface area contributed by atoms with Crippen LogP contribution in [-0.4, -0.2) is 50.7 Å². The second kappa shape index (κ2) is 8.40. The number of hydrogen-bond donors (Lipinski definition) is 0. The summed E-state index contributed by atoms with van der Waals surface area (Å²) in [6.07, 6.45) is 0. The number of anilines is 1. The summed E-state index contributed by atoms with van der Waals surface area (Å²) in [6.45, 7) is 2.62. The van der Waals surface area contributed by atoms with Gasteiger partial charge in [0.1, 0.15) is 17.3 Å². The van der Waals surface area contributed by atoms with Gasteiger partial charge in [0.25, 0.3) is 5.91 Å². The molecule has 1 saturated heterocycles. The lowest BCUT2D eigenvalue weighted by Crippen LogP contribution is -2.50. The van der Waals surface area contributed by atoms with E-state index in [2.05, 4.69) is 20.8 Å². The van der Waals surface area contributed by atoms with E-state index in [1.807, 2.05) is 24.3 Å². The Kier molecular flexibility index (Phi) is 5.98. The van der Waals surface area contributed by atoms with Crippen LogP contribution in [0.4, 0.5) is 10.1 Å². The van der Waals surface area contributed by atoms with Crippen molar-refractivity contribution < 1.29 is 18.7 Å². The van der Waals surface area contributed by atoms with Crippen LogP contribution in [0.3, 0.4) is 0 Å². The SMILES string of the molecule is COc1ccccc1N1CCN(C(=O)COc2ccc(F)cc2Br)CC1. The summed E-state index contributed by atoms with van der Waals surface area (Å²) in [5.74, 6) is 0.841. The van der Waals surface area contributed by atoms with Crippen molar-refractivity contribution >= 4 is 27.5 Å². The molecule has 0 atom stereocenters. The Balaban J connectivity index is 1.53. The Morgan fingerprint density at radius 1 is 1.12 bits per heavy atom. The highest BCUT2D eigenvalue weighted by Crippen LogP contribution is 2.28. The van der Waals surface area contributed by atoms with Crippen molar-refractivity contribution in [3.63, 3.8) is 0 Å². The molecule has 0 saturated carbocycles. The minimum absolute atomic E-state index is 0.0705. The van der Waals surface area contributed by atoms with E-state index < -0.39 is 0 Å². The molecule has 3 rings (SSSR count). The van der Waals surface area contributed by atoms with Crippen molar-refractivity contribution in [2.75, 3.05) is 44.8 Å². The van der Waals surface area contributed by atoms with Crippen molar-refractivity contribution in [1.29, 1.82) is 0 Å². The average molecular weight is 423 g/mol. The molecule has 0 spiro atoms. The van der Waals surface area contributed by atoms with Crippen LogP contribution in [0, 0.1) is 5.82 Å². The van der Waals surface area contributed by atoms with Gasteiger partial charge in [-0.15, -0.1) is 0 Å². The largest absolute Gasteiger partial charge is 0.495 e. The fourth-order valence-electron chi connectivity index (χ4n) is 2.91. The Morgan fingerprint density at radius 2 is 1.85 bits per heavy atom. The van der Waals surface area contributed by atoms with Gasteiger partial charge in [-0.05, 0) is 46.3 Å². The lowest BCUT2D eigenvalue weighted by atomic mass is 10.2.